The molecule has 7 heteroatoms. The Kier molecular flexibility index (Phi) is 6.85. The fourth-order valence-electron chi connectivity index (χ4n) is 3.54. The van der Waals surface area contributed by atoms with Crippen LogP contribution < -0.4 is 10.4 Å². The van der Waals surface area contributed by atoms with Gasteiger partial charge < -0.3 is 24.7 Å². The van der Waals surface area contributed by atoms with Gasteiger partial charge in [-0.1, -0.05) is 61.2 Å². The predicted octanol–water partition coefficient (Wildman–Crippen LogP) is 2.15. The van der Waals surface area contributed by atoms with Crippen LogP contribution in [0.25, 0.3) is 11.1 Å². The monoisotopic (exact) mass is 408 g/mol. The minimum Gasteiger partial charge on any atom is -0.550 e. The number of fused-ring (bicyclic) bond motifs is 3. The number of alkyl carbamates (subject to hydrolysis) is 1. The zero-order chi connectivity index (χ0) is 21.5. The number of nitrogens with one attached hydrogen (secondary N) is 1. The first-order valence-corrected chi connectivity index (χ1v) is 9.60. The van der Waals surface area contributed by atoms with Crippen LogP contribution in [0.4, 0.5) is 4.79 Å². The van der Waals surface area contributed by atoms with E-state index < -0.39 is 30.5 Å². The summed E-state index contributed by atoms with van der Waals surface area (Å²) < 4.78 is 10.3. The second-order valence-electron chi connectivity index (χ2n) is 6.85. The minimum atomic E-state index is -1.33. The van der Waals surface area contributed by atoms with Crippen LogP contribution in [0.2, 0.25) is 0 Å². The molecule has 0 radical (unpaired) electrons. The number of ether oxygens (including phenoxy) is 2. The Hall–Kier alpha value is -3.61. The third-order valence-electron chi connectivity index (χ3n) is 4.90. The lowest BCUT2D eigenvalue weighted by atomic mass is 9.98. The van der Waals surface area contributed by atoms with Crippen LogP contribution in [0, 0.1) is 0 Å². The molecule has 0 bridgehead atoms. The standard InChI is InChI=1S/C23H23NO6/c1-2-13-29-22(27)20(11-12-21(25)26)24-23(28)30-14-19-17-9-5-3-7-15(17)16-8-4-6-10-18(16)19/h2-10,19-20H,1,11-14H2,(H,24,28)(H,25,26)/p-1/t20-/m1/s1. The molecule has 0 aromatic heterocycles. The van der Waals surface area contributed by atoms with Crippen molar-refractivity contribution < 1.29 is 29.0 Å². The molecule has 0 unspecified atom stereocenters. The number of rotatable bonds is 9. The lowest BCUT2D eigenvalue weighted by Crippen LogP contribution is -2.43. The fraction of sp³-hybridized carbons (Fsp3) is 0.261. The SMILES string of the molecule is C=CCOC(=O)[C@@H](CCC(=O)[O-])NC(=O)OCC1c2ccccc2-c2ccccc21. The molecular formula is C23H22NO6-. The van der Waals surface area contributed by atoms with E-state index in [0.717, 1.165) is 22.3 Å². The van der Waals surface area contributed by atoms with E-state index in [1.165, 1.54) is 6.08 Å². The number of carboxylic acids is 1. The largest absolute Gasteiger partial charge is 0.550 e. The molecule has 30 heavy (non-hydrogen) atoms. The number of hydrogen-bond acceptors (Lipinski definition) is 6. The van der Waals surface area contributed by atoms with Gasteiger partial charge in [0.05, 0.1) is 0 Å². The summed E-state index contributed by atoms with van der Waals surface area (Å²) in [5.74, 6) is -2.21. The molecule has 0 saturated heterocycles. The van der Waals surface area contributed by atoms with Crippen LogP contribution in [0.3, 0.4) is 0 Å². The van der Waals surface area contributed by atoms with Crippen LogP contribution in [0.5, 0.6) is 0 Å². The average Bonchev–Trinajstić information content (AvgIpc) is 3.07. The van der Waals surface area contributed by atoms with Gasteiger partial charge >= 0.3 is 12.1 Å². The summed E-state index contributed by atoms with van der Waals surface area (Å²) in [5.41, 5.74) is 4.32. The summed E-state index contributed by atoms with van der Waals surface area (Å²) in [6.45, 7) is 3.47. The highest BCUT2D eigenvalue weighted by Crippen LogP contribution is 2.44. The molecule has 0 heterocycles. The summed E-state index contributed by atoms with van der Waals surface area (Å²) >= 11 is 0. The van der Waals surface area contributed by atoms with Crippen molar-refractivity contribution in [3.63, 3.8) is 0 Å². The average molecular weight is 408 g/mol. The molecule has 1 amide bonds. The molecule has 1 aliphatic rings. The molecule has 1 N–H and O–H groups in total. The van der Waals surface area contributed by atoms with Crippen LogP contribution in [-0.4, -0.2) is 37.3 Å². The minimum absolute atomic E-state index is 0.0486. The summed E-state index contributed by atoms with van der Waals surface area (Å²) in [5, 5.41) is 13.1. The number of benzene rings is 2. The molecule has 2 aromatic rings. The molecule has 0 saturated carbocycles. The van der Waals surface area contributed by atoms with E-state index in [1.807, 2.05) is 48.5 Å². The van der Waals surface area contributed by atoms with Crippen molar-refractivity contribution in [3.8, 4) is 11.1 Å². The number of esters is 1. The fourth-order valence-corrected chi connectivity index (χ4v) is 3.54. The Morgan fingerprint density at radius 2 is 1.63 bits per heavy atom. The normalized spacial score (nSPS) is 12.9. The van der Waals surface area contributed by atoms with E-state index in [-0.39, 0.29) is 25.6 Å². The summed E-state index contributed by atoms with van der Waals surface area (Å²) in [7, 11) is 0. The Balaban J connectivity index is 1.66. The van der Waals surface area contributed by atoms with Crippen LogP contribution in [0.1, 0.15) is 29.9 Å². The van der Waals surface area contributed by atoms with Crippen LogP contribution in [-0.2, 0) is 19.1 Å². The number of carbonyl (C=O) groups is 3. The van der Waals surface area contributed by atoms with Crippen molar-refractivity contribution in [2.75, 3.05) is 13.2 Å². The zero-order valence-corrected chi connectivity index (χ0v) is 16.3. The smallest absolute Gasteiger partial charge is 0.407 e. The van der Waals surface area contributed by atoms with Gasteiger partial charge in [-0.3, -0.25) is 0 Å². The molecule has 0 aliphatic heterocycles. The number of carboxylic acid groups (broad SMARTS) is 1. The molecule has 2 aromatic carbocycles. The van der Waals surface area contributed by atoms with Gasteiger partial charge in [-0.2, -0.15) is 0 Å². The van der Waals surface area contributed by atoms with Gasteiger partial charge in [0.1, 0.15) is 19.3 Å². The van der Waals surface area contributed by atoms with Gasteiger partial charge in [0.2, 0.25) is 0 Å². The summed E-state index contributed by atoms with van der Waals surface area (Å²) in [6, 6.07) is 14.7. The summed E-state index contributed by atoms with van der Waals surface area (Å²) in [4.78, 5) is 35.2. The molecule has 1 aliphatic carbocycles. The summed E-state index contributed by atoms with van der Waals surface area (Å²) in [6.07, 6.45) is -0.0168. The van der Waals surface area contributed by atoms with Gasteiger partial charge in [0.25, 0.3) is 0 Å². The van der Waals surface area contributed by atoms with Crippen molar-refractivity contribution in [1.82, 2.24) is 5.32 Å². The maximum absolute atomic E-state index is 12.3. The van der Waals surface area contributed by atoms with Gasteiger partial charge in [-0.25, -0.2) is 9.59 Å². The van der Waals surface area contributed by atoms with Crippen LogP contribution in [0.15, 0.2) is 61.2 Å². The maximum Gasteiger partial charge on any atom is 0.407 e. The number of carbonyl (C=O) groups excluding carboxylic acids is 3. The van der Waals surface area contributed by atoms with E-state index in [1.54, 1.807) is 0 Å². The van der Waals surface area contributed by atoms with Crippen LogP contribution >= 0.6 is 0 Å². The van der Waals surface area contributed by atoms with Crippen molar-refractivity contribution in [1.29, 1.82) is 0 Å². The third-order valence-corrected chi connectivity index (χ3v) is 4.90. The first kappa shape index (κ1) is 21.1. The maximum atomic E-state index is 12.3. The molecular weight excluding hydrogens is 386 g/mol. The predicted molar refractivity (Wildman–Crippen MR) is 107 cm³/mol. The van der Waals surface area contributed by atoms with E-state index in [2.05, 4.69) is 11.9 Å². The van der Waals surface area contributed by atoms with Crippen molar-refractivity contribution in [2.24, 2.45) is 0 Å². The third kappa shape index (κ3) is 4.86. The molecule has 3 rings (SSSR count). The zero-order valence-electron chi connectivity index (χ0n) is 16.3. The first-order valence-electron chi connectivity index (χ1n) is 9.60. The Morgan fingerprint density at radius 1 is 1.03 bits per heavy atom. The second-order valence-corrected chi connectivity index (χ2v) is 6.85. The topological polar surface area (TPSA) is 105 Å². The molecule has 7 nitrogen and oxygen atoms in total. The van der Waals surface area contributed by atoms with E-state index in [0.29, 0.717) is 0 Å². The lowest BCUT2D eigenvalue weighted by Gasteiger charge is -2.19. The van der Waals surface area contributed by atoms with Crippen molar-refractivity contribution >= 4 is 18.0 Å². The second kappa shape index (κ2) is 9.73. The number of amides is 1. The van der Waals surface area contributed by atoms with E-state index in [4.69, 9.17) is 9.47 Å². The quantitative estimate of drug-likeness (QED) is 0.504. The molecule has 0 spiro atoms. The van der Waals surface area contributed by atoms with Crippen molar-refractivity contribution in [3.05, 3.63) is 72.3 Å². The molecule has 1 atom stereocenters. The van der Waals surface area contributed by atoms with Crippen molar-refractivity contribution in [2.45, 2.75) is 24.8 Å². The van der Waals surface area contributed by atoms with Gasteiger partial charge in [-0.05, 0) is 35.1 Å². The Labute approximate surface area is 174 Å². The Morgan fingerprint density at radius 3 is 2.20 bits per heavy atom. The highest BCUT2D eigenvalue weighted by Gasteiger charge is 2.30. The number of hydrogen-bond donors (Lipinski definition) is 1. The van der Waals surface area contributed by atoms with Gasteiger partial charge in [0, 0.05) is 11.9 Å². The van der Waals surface area contributed by atoms with Gasteiger partial charge in [-0.15, -0.1) is 0 Å². The van der Waals surface area contributed by atoms with E-state index in [9.17, 15) is 19.5 Å². The molecule has 0 fully saturated rings. The number of aliphatic carboxylic acids is 1. The van der Waals surface area contributed by atoms with Gasteiger partial charge in [0.15, 0.2) is 0 Å². The molecule has 156 valence electrons. The Bertz CT molecular complexity index is 909. The first-order chi connectivity index (χ1) is 14.5. The lowest BCUT2D eigenvalue weighted by molar-refractivity contribution is -0.305. The highest BCUT2D eigenvalue weighted by molar-refractivity contribution is 5.82. The highest BCUT2D eigenvalue weighted by atomic mass is 16.6. The van der Waals surface area contributed by atoms with E-state index >= 15 is 0 Å².